The molecule has 0 bridgehead atoms. The fraction of sp³-hybridized carbons (Fsp3) is 0.0417. The molecule has 2 aromatic heterocycles. The van der Waals surface area contributed by atoms with Gasteiger partial charge in [0.25, 0.3) is 0 Å². The summed E-state index contributed by atoms with van der Waals surface area (Å²) in [7, 11) is 0. The van der Waals surface area contributed by atoms with Gasteiger partial charge in [0, 0.05) is 55.7 Å². The molecule has 3 heteroatoms. The maximum absolute atomic E-state index is 6.48. The molecule has 0 spiro atoms. The van der Waals surface area contributed by atoms with E-state index in [2.05, 4.69) is 163 Å². The molecule has 51 heavy (non-hydrogen) atoms. The van der Waals surface area contributed by atoms with Crippen LogP contribution in [0.25, 0.3) is 66.1 Å². The maximum atomic E-state index is 6.48. The Bertz CT molecular complexity index is 2660. The SMILES string of the molecule is C1=CCC(c2cccc(N(c3cccc(-c4cccc5c4oc4ccccc45)c3)c3cccc(-c4cccc5c4oc4ccccc45)c3)c2)C=C1. The number of furan rings is 2. The van der Waals surface area contributed by atoms with Gasteiger partial charge in [0.2, 0.25) is 0 Å². The number of para-hydroxylation sites is 4. The summed E-state index contributed by atoms with van der Waals surface area (Å²) in [6.45, 7) is 0. The molecule has 0 saturated heterocycles. The molecule has 0 fully saturated rings. The van der Waals surface area contributed by atoms with E-state index in [0.717, 1.165) is 89.6 Å². The molecule has 0 amide bonds. The van der Waals surface area contributed by atoms with Crippen LogP contribution in [0.5, 0.6) is 0 Å². The van der Waals surface area contributed by atoms with Crippen LogP contribution in [0.15, 0.2) is 191 Å². The number of hydrogen-bond donors (Lipinski definition) is 0. The van der Waals surface area contributed by atoms with E-state index in [-0.39, 0.29) is 0 Å². The van der Waals surface area contributed by atoms with Crippen molar-refractivity contribution < 1.29 is 8.83 Å². The lowest BCUT2D eigenvalue weighted by molar-refractivity contribution is 0.669. The van der Waals surface area contributed by atoms with Gasteiger partial charge in [-0.3, -0.25) is 0 Å². The lowest BCUT2D eigenvalue weighted by Crippen LogP contribution is -2.11. The van der Waals surface area contributed by atoms with E-state index in [0.29, 0.717) is 5.92 Å². The third-order valence-corrected chi connectivity index (χ3v) is 10.2. The van der Waals surface area contributed by atoms with Gasteiger partial charge in [-0.1, -0.05) is 133 Å². The number of benzene rings is 7. The molecule has 9 aromatic rings. The van der Waals surface area contributed by atoms with Crippen LogP contribution >= 0.6 is 0 Å². The van der Waals surface area contributed by atoms with Crippen molar-refractivity contribution in [2.75, 3.05) is 4.90 Å². The Kier molecular flexibility index (Phi) is 6.95. The number of nitrogens with zero attached hydrogens (tertiary/aromatic N) is 1. The minimum Gasteiger partial charge on any atom is -0.455 e. The summed E-state index contributed by atoms with van der Waals surface area (Å²) >= 11 is 0. The maximum Gasteiger partial charge on any atom is 0.143 e. The van der Waals surface area contributed by atoms with Gasteiger partial charge in [-0.05, 0) is 71.6 Å². The standard InChI is InChI=1S/C48H33NO2/c1-2-13-32(14-3-1)33-15-8-18-36(29-33)49(37-19-9-16-34(30-37)39-23-11-25-43-41-21-4-6-27-45(41)50-47(39)43)38-20-10-17-35(31-38)40-24-12-26-44-42-22-5-7-28-46(42)51-48(40)44/h1-13,15-32H,14H2. The number of hydrogen-bond acceptors (Lipinski definition) is 3. The topological polar surface area (TPSA) is 29.5 Å². The van der Waals surface area contributed by atoms with E-state index in [1.807, 2.05) is 24.3 Å². The van der Waals surface area contributed by atoms with E-state index < -0.39 is 0 Å². The second kappa shape index (κ2) is 12.1. The van der Waals surface area contributed by atoms with Gasteiger partial charge in [0.15, 0.2) is 0 Å². The first-order chi connectivity index (χ1) is 25.3. The van der Waals surface area contributed by atoms with Crippen LogP contribution in [0.2, 0.25) is 0 Å². The molecule has 0 aliphatic heterocycles. The molecule has 0 N–H and O–H groups in total. The molecule has 242 valence electrons. The quantitative estimate of drug-likeness (QED) is 0.179. The summed E-state index contributed by atoms with van der Waals surface area (Å²) < 4.78 is 13.0. The molecular formula is C48H33NO2. The highest BCUT2D eigenvalue weighted by Gasteiger charge is 2.19. The van der Waals surface area contributed by atoms with Crippen LogP contribution in [-0.4, -0.2) is 0 Å². The summed E-state index contributed by atoms with van der Waals surface area (Å²) in [6.07, 6.45) is 9.83. The van der Waals surface area contributed by atoms with E-state index in [4.69, 9.17) is 8.83 Å². The van der Waals surface area contributed by atoms with Crippen LogP contribution in [0.4, 0.5) is 17.1 Å². The highest BCUT2D eigenvalue weighted by atomic mass is 16.3. The molecule has 1 unspecified atom stereocenters. The Morgan fingerprint density at radius 2 is 0.961 bits per heavy atom. The lowest BCUT2D eigenvalue weighted by Gasteiger charge is -2.27. The average molecular weight is 656 g/mol. The largest absolute Gasteiger partial charge is 0.455 e. The molecule has 2 heterocycles. The summed E-state index contributed by atoms with van der Waals surface area (Å²) in [6, 6.07) is 56.0. The fourth-order valence-corrected chi connectivity index (χ4v) is 7.74. The highest BCUT2D eigenvalue weighted by molar-refractivity contribution is 6.10. The molecule has 0 radical (unpaired) electrons. The van der Waals surface area contributed by atoms with E-state index in [1.165, 1.54) is 5.56 Å². The third kappa shape index (κ3) is 5.05. The van der Waals surface area contributed by atoms with Crippen LogP contribution in [-0.2, 0) is 0 Å². The Morgan fingerprint density at radius 1 is 0.451 bits per heavy atom. The zero-order valence-electron chi connectivity index (χ0n) is 27.9. The van der Waals surface area contributed by atoms with Crippen molar-refractivity contribution in [3.05, 3.63) is 188 Å². The van der Waals surface area contributed by atoms with Gasteiger partial charge in [-0.2, -0.15) is 0 Å². The molecule has 0 saturated carbocycles. The fourth-order valence-electron chi connectivity index (χ4n) is 7.74. The molecular weight excluding hydrogens is 623 g/mol. The summed E-state index contributed by atoms with van der Waals surface area (Å²) in [5.74, 6) is 0.339. The van der Waals surface area contributed by atoms with Crippen molar-refractivity contribution in [2.45, 2.75) is 12.3 Å². The first kappa shape index (κ1) is 29.3. The lowest BCUT2D eigenvalue weighted by atomic mass is 9.92. The Morgan fingerprint density at radius 3 is 1.53 bits per heavy atom. The van der Waals surface area contributed by atoms with Crippen LogP contribution in [0, 0.1) is 0 Å². The van der Waals surface area contributed by atoms with Crippen LogP contribution in [0.3, 0.4) is 0 Å². The smallest absolute Gasteiger partial charge is 0.143 e. The molecule has 7 aromatic carbocycles. The van der Waals surface area contributed by atoms with E-state index in [1.54, 1.807) is 0 Å². The van der Waals surface area contributed by atoms with E-state index in [9.17, 15) is 0 Å². The molecule has 1 atom stereocenters. The van der Waals surface area contributed by atoms with Crippen LogP contribution in [0.1, 0.15) is 17.9 Å². The van der Waals surface area contributed by atoms with E-state index >= 15 is 0 Å². The summed E-state index contributed by atoms with van der Waals surface area (Å²) in [5.41, 5.74) is 12.5. The molecule has 10 rings (SSSR count). The first-order valence-electron chi connectivity index (χ1n) is 17.5. The van der Waals surface area contributed by atoms with Crippen molar-refractivity contribution in [1.82, 2.24) is 0 Å². The minimum absolute atomic E-state index is 0.339. The van der Waals surface area contributed by atoms with Gasteiger partial charge in [0.05, 0.1) is 0 Å². The summed E-state index contributed by atoms with van der Waals surface area (Å²) in [4.78, 5) is 2.37. The molecule has 1 aliphatic carbocycles. The molecule has 3 nitrogen and oxygen atoms in total. The first-order valence-corrected chi connectivity index (χ1v) is 17.5. The van der Waals surface area contributed by atoms with Gasteiger partial charge in [-0.25, -0.2) is 0 Å². The minimum atomic E-state index is 0.339. The Balaban J connectivity index is 1.14. The zero-order chi connectivity index (χ0) is 33.7. The van der Waals surface area contributed by atoms with Gasteiger partial charge in [-0.15, -0.1) is 0 Å². The molecule has 1 aliphatic rings. The average Bonchev–Trinajstić information content (AvgIpc) is 3.78. The van der Waals surface area contributed by atoms with Crippen molar-refractivity contribution in [3.8, 4) is 22.3 Å². The second-order valence-corrected chi connectivity index (χ2v) is 13.2. The van der Waals surface area contributed by atoms with Gasteiger partial charge >= 0.3 is 0 Å². The third-order valence-electron chi connectivity index (χ3n) is 10.2. The Hall–Kier alpha value is -6.58. The predicted octanol–water partition coefficient (Wildman–Crippen LogP) is 13.9. The normalized spacial score (nSPS) is 14.2. The van der Waals surface area contributed by atoms with Crippen molar-refractivity contribution in [2.24, 2.45) is 0 Å². The monoisotopic (exact) mass is 655 g/mol. The zero-order valence-corrected chi connectivity index (χ0v) is 27.9. The Labute approximate surface area is 296 Å². The van der Waals surface area contributed by atoms with Gasteiger partial charge in [0.1, 0.15) is 22.3 Å². The van der Waals surface area contributed by atoms with Crippen LogP contribution < -0.4 is 4.90 Å². The number of rotatable bonds is 6. The summed E-state index contributed by atoms with van der Waals surface area (Å²) in [5, 5.41) is 4.51. The van der Waals surface area contributed by atoms with Crippen molar-refractivity contribution in [3.63, 3.8) is 0 Å². The second-order valence-electron chi connectivity index (χ2n) is 13.2. The number of anilines is 3. The number of fused-ring (bicyclic) bond motifs is 6. The van der Waals surface area contributed by atoms with Crippen molar-refractivity contribution >= 4 is 60.9 Å². The van der Waals surface area contributed by atoms with Crippen molar-refractivity contribution in [1.29, 1.82) is 0 Å². The number of allylic oxidation sites excluding steroid dienone is 4. The predicted molar refractivity (Wildman–Crippen MR) is 212 cm³/mol. The highest BCUT2D eigenvalue weighted by Crippen LogP contribution is 2.43. The van der Waals surface area contributed by atoms with Gasteiger partial charge < -0.3 is 13.7 Å².